The Hall–Kier alpha value is -2.05. The van der Waals surface area contributed by atoms with E-state index in [2.05, 4.69) is 15.6 Å². The van der Waals surface area contributed by atoms with Gasteiger partial charge in [-0.3, -0.25) is 9.59 Å². The van der Waals surface area contributed by atoms with E-state index < -0.39 is 33.6 Å². The highest BCUT2D eigenvalue weighted by molar-refractivity contribution is 7.88. The first-order valence-corrected chi connectivity index (χ1v) is 14.2. The first kappa shape index (κ1) is 27.5. The van der Waals surface area contributed by atoms with Gasteiger partial charge in [0.15, 0.2) is 0 Å². The Bertz CT molecular complexity index is 1010. The van der Waals surface area contributed by atoms with E-state index in [1.165, 1.54) is 15.5 Å². The van der Waals surface area contributed by atoms with Gasteiger partial charge in [0.25, 0.3) is 0 Å². The molecule has 2 fully saturated rings. The maximum absolute atomic E-state index is 13.7. The van der Waals surface area contributed by atoms with Crippen LogP contribution in [-0.2, 0) is 19.6 Å². The second-order valence-corrected chi connectivity index (χ2v) is 13.1. The number of carbonyl (C=O) groups is 2. The highest BCUT2D eigenvalue weighted by Crippen LogP contribution is 2.40. The molecule has 1 saturated heterocycles. The third-order valence-corrected chi connectivity index (χ3v) is 8.02. The molecular formula is C23H40N6O5S. The van der Waals surface area contributed by atoms with Crippen molar-refractivity contribution in [2.45, 2.75) is 90.4 Å². The van der Waals surface area contributed by atoms with Crippen LogP contribution in [0.15, 0.2) is 6.20 Å². The van der Waals surface area contributed by atoms with Crippen LogP contribution in [0.4, 0.5) is 0 Å². The molecule has 0 aromatic carbocycles. The smallest absolute Gasteiger partial charge is 0.248 e. The Morgan fingerprint density at radius 2 is 1.94 bits per heavy atom. The van der Waals surface area contributed by atoms with Gasteiger partial charge in [-0.15, -0.1) is 5.10 Å². The van der Waals surface area contributed by atoms with Gasteiger partial charge in [0, 0.05) is 44.2 Å². The van der Waals surface area contributed by atoms with Crippen molar-refractivity contribution in [1.82, 2.24) is 29.5 Å². The summed E-state index contributed by atoms with van der Waals surface area (Å²) in [6.07, 6.45) is 4.95. The van der Waals surface area contributed by atoms with Gasteiger partial charge < -0.3 is 15.3 Å². The molecule has 35 heavy (non-hydrogen) atoms. The monoisotopic (exact) mass is 512 g/mol. The van der Waals surface area contributed by atoms with E-state index in [1.807, 2.05) is 27.0 Å². The van der Waals surface area contributed by atoms with Crippen LogP contribution in [0, 0.1) is 5.41 Å². The average molecular weight is 513 g/mol. The lowest BCUT2D eigenvalue weighted by atomic mass is 9.85. The molecule has 1 aromatic rings. The lowest BCUT2D eigenvalue weighted by Gasteiger charge is -2.34. The van der Waals surface area contributed by atoms with E-state index in [0.29, 0.717) is 12.3 Å². The summed E-state index contributed by atoms with van der Waals surface area (Å²) in [5.41, 5.74) is 0.388. The van der Waals surface area contributed by atoms with Crippen LogP contribution in [0.2, 0.25) is 0 Å². The molecule has 0 bridgehead atoms. The molecule has 1 aromatic heterocycles. The number of aromatic nitrogens is 3. The van der Waals surface area contributed by atoms with Gasteiger partial charge in [-0.05, 0) is 38.5 Å². The number of hydrogen-bond acceptors (Lipinski definition) is 7. The second-order valence-electron chi connectivity index (χ2n) is 11.2. The largest absolute Gasteiger partial charge is 0.391 e. The minimum absolute atomic E-state index is 0.0723. The summed E-state index contributed by atoms with van der Waals surface area (Å²) >= 11 is 0. The van der Waals surface area contributed by atoms with Crippen molar-refractivity contribution in [2.75, 3.05) is 25.9 Å². The Morgan fingerprint density at radius 1 is 1.29 bits per heavy atom. The number of aliphatic hydroxyl groups excluding tert-OH is 1. The topological polar surface area (TPSA) is 138 Å². The van der Waals surface area contributed by atoms with Crippen molar-refractivity contribution < 1.29 is 23.1 Å². The van der Waals surface area contributed by atoms with Crippen molar-refractivity contribution in [3.05, 3.63) is 11.9 Å². The van der Waals surface area contributed by atoms with Gasteiger partial charge in [-0.1, -0.05) is 26.0 Å². The van der Waals surface area contributed by atoms with Crippen molar-refractivity contribution >= 4 is 21.8 Å². The quantitative estimate of drug-likeness (QED) is 0.444. The van der Waals surface area contributed by atoms with E-state index in [-0.39, 0.29) is 43.9 Å². The molecule has 0 spiro atoms. The molecule has 2 unspecified atom stereocenters. The number of likely N-dealkylation sites (tertiary alicyclic amines) is 1. The maximum atomic E-state index is 13.7. The molecule has 3 atom stereocenters. The Morgan fingerprint density at radius 3 is 2.49 bits per heavy atom. The number of nitrogens with zero attached hydrogens (tertiary/aromatic N) is 5. The zero-order chi connectivity index (χ0) is 26.1. The summed E-state index contributed by atoms with van der Waals surface area (Å²) in [6, 6.07) is -1.65. The van der Waals surface area contributed by atoms with Crippen LogP contribution in [0.25, 0.3) is 0 Å². The number of hydrogen-bond donors (Lipinski definition) is 2. The molecule has 0 radical (unpaired) electrons. The molecule has 1 saturated carbocycles. The summed E-state index contributed by atoms with van der Waals surface area (Å²) in [5.74, 6) is -0.222. The molecule has 11 nitrogen and oxygen atoms in total. The Balaban J connectivity index is 1.67. The van der Waals surface area contributed by atoms with E-state index in [9.17, 15) is 23.1 Å². The number of rotatable bonds is 10. The maximum Gasteiger partial charge on any atom is 0.248 e. The van der Waals surface area contributed by atoms with Crippen molar-refractivity contribution in [1.29, 1.82) is 0 Å². The predicted molar refractivity (Wildman–Crippen MR) is 131 cm³/mol. The molecule has 2 amide bonds. The summed E-state index contributed by atoms with van der Waals surface area (Å²) < 4.78 is 26.8. The predicted octanol–water partition coefficient (Wildman–Crippen LogP) is 0.881. The number of sulfonamides is 1. The zero-order valence-corrected chi connectivity index (χ0v) is 22.5. The molecule has 3 rings (SSSR count). The number of nitrogens with one attached hydrogen (secondary N) is 1. The third kappa shape index (κ3) is 6.79. The SMILES string of the molecule is CC(C)N(CCCNC(=O)C1CC(O)CN1C(=O)[C@@H](n1cc(C2CC2)nn1)C(C)(C)C)S(C)(=O)=O. The van der Waals surface area contributed by atoms with Gasteiger partial charge in [0.05, 0.1) is 18.1 Å². The van der Waals surface area contributed by atoms with Crippen LogP contribution in [0.1, 0.15) is 78.0 Å². The van der Waals surface area contributed by atoms with Gasteiger partial charge >= 0.3 is 0 Å². The fraction of sp³-hybridized carbons (Fsp3) is 0.826. The van der Waals surface area contributed by atoms with Crippen LogP contribution in [0.3, 0.4) is 0 Å². The second kappa shape index (κ2) is 10.5. The Labute approximate surface area is 208 Å². The first-order valence-electron chi connectivity index (χ1n) is 12.3. The van der Waals surface area contributed by atoms with E-state index in [4.69, 9.17) is 0 Å². The fourth-order valence-corrected chi connectivity index (χ4v) is 5.92. The number of carbonyl (C=O) groups excluding carboxylic acids is 2. The summed E-state index contributed by atoms with van der Waals surface area (Å²) in [4.78, 5) is 28.2. The third-order valence-electron chi connectivity index (χ3n) is 6.56. The van der Waals surface area contributed by atoms with Gasteiger partial charge in [0.2, 0.25) is 21.8 Å². The highest BCUT2D eigenvalue weighted by Gasteiger charge is 2.45. The van der Waals surface area contributed by atoms with E-state index in [1.54, 1.807) is 18.5 Å². The van der Waals surface area contributed by atoms with Crippen molar-refractivity contribution in [3.8, 4) is 0 Å². The molecule has 1 aliphatic carbocycles. The number of aliphatic hydroxyl groups is 1. The first-order chi connectivity index (χ1) is 16.2. The molecule has 198 valence electrons. The van der Waals surface area contributed by atoms with Crippen LogP contribution < -0.4 is 5.32 Å². The normalized spacial score (nSPS) is 22.1. The van der Waals surface area contributed by atoms with Gasteiger partial charge in [0.1, 0.15) is 12.1 Å². The highest BCUT2D eigenvalue weighted by atomic mass is 32.2. The van der Waals surface area contributed by atoms with E-state index >= 15 is 0 Å². The molecule has 2 aliphatic rings. The van der Waals surface area contributed by atoms with E-state index in [0.717, 1.165) is 18.5 Å². The zero-order valence-electron chi connectivity index (χ0n) is 21.6. The summed E-state index contributed by atoms with van der Waals surface area (Å²) in [6.45, 7) is 10.1. The molecule has 1 aliphatic heterocycles. The molecule has 12 heteroatoms. The van der Waals surface area contributed by atoms with Crippen LogP contribution in [-0.4, -0.2) is 93.6 Å². The fourth-order valence-electron chi connectivity index (χ4n) is 4.70. The Kier molecular flexibility index (Phi) is 8.27. The van der Waals surface area contributed by atoms with Gasteiger partial charge in [-0.2, -0.15) is 4.31 Å². The summed E-state index contributed by atoms with van der Waals surface area (Å²) in [7, 11) is -3.34. The minimum Gasteiger partial charge on any atom is -0.391 e. The van der Waals surface area contributed by atoms with Crippen LogP contribution in [0.5, 0.6) is 0 Å². The van der Waals surface area contributed by atoms with Crippen molar-refractivity contribution in [2.24, 2.45) is 5.41 Å². The number of β-amino-alcohol motifs (C(OH)–C–C–N with tert-alkyl or cyclic N) is 1. The minimum atomic E-state index is -3.34. The van der Waals surface area contributed by atoms with Gasteiger partial charge in [-0.25, -0.2) is 13.1 Å². The average Bonchev–Trinajstić information content (AvgIpc) is 3.33. The lowest BCUT2D eigenvalue weighted by molar-refractivity contribution is -0.144. The number of amides is 2. The lowest BCUT2D eigenvalue weighted by Crippen LogP contribution is -2.50. The van der Waals surface area contributed by atoms with Crippen molar-refractivity contribution in [3.63, 3.8) is 0 Å². The molecular weight excluding hydrogens is 472 g/mol. The van der Waals surface area contributed by atoms with Crippen LogP contribution >= 0.6 is 0 Å². The molecule has 2 heterocycles. The standard InChI is InChI=1S/C23H40N6O5S/c1-15(2)29(35(6,33)34)11-7-10-24-21(31)19-12-17(30)13-27(19)22(32)20(23(3,4)5)28-14-18(25-26-28)16-8-9-16/h14-17,19-20,30H,7-13H2,1-6H3,(H,24,31)/t17?,19?,20-/m1/s1. The summed E-state index contributed by atoms with van der Waals surface area (Å²) in [5, 5.41) is 21.6. The molecule has 2 N–H and O–H groups in total.